The van der Waals surface area contributed by atoms with Crippen LogP contribution in [0.5, 0.6) is 0 Å². The van der Waals surface area contributed by atoms with Gasteiger partial charge in [0.2, 0.25) is 0 Å². The largest absolute Gasteiger partial charge is 0.393 e. The van der Waals surface area contributed by atoms with Crippen LogP contribution in [-0.4, -0.2) is 16.2 Å². The summed E-state index contributed by atoms with van der Waals surface area (Å²) in [6, 6.07) is 9.19. The Morgan fingerprint density at radius 1 is 1.00 bits per heavy atom. The minimum absolute atomic E-state index is 0. The summed E-state index contributed by atoms with van der Waals surface area (Å²) >= 11 is 0. The summed E-state index contributed by atoms with van der Waals surface area (Å²) in [5.74, 6) is 2.86. The van der Waals surface area contributed by atoms with Crippen molar-refractivity contribution < 1.29 is 5.11 Å². The predicted molar refractivity (Wildman–Crippen MR) is 129 cm³/mol. The molecule has 2 fully saturated rings. The van der Waals surface area contributed by atoms with Crippen LogP contribution in [0, 0.1) is 23.2 Å². The molecule has 0 radical (unpaired) electrons. The molecule has 2 heteroatoms. The molecule has 0 aliphatic heterocycles. The van der Waals surface area contributed by atoms with Gasteiger partial charge in [-0.2, -0.15) is 0 Å². The fourth-order valence-electron chi connectivity index (χ4n) is 7.56. The molecule has 1 aromatic heterocycles. The molecule has 2 nitrogen and oxygen atoms in total. The average Bonchev–Trinajstić information content (AvgIpc) is 3.00. The van der Waals surface area contributed by atoms with Gasteiger partial charge >= 0.3 is 0 Å². The van der Waals surface area contributed by atoms with Crippen molar-refractivity contribution in [2.75, 3.05) is 0 Å². The van der Waals surface area contributed by atoms with Crippen LogP contribution < -0.4 is 0 Å². The third kappa shape index (κ3) is 3.39. The third-order valence-corrected chi connectivity index (χ3v) is 9.19. The highest BCUT2D eigenvalue weighted by molar-refractivity contribution is 5.82. The second-order valence-corrected chi connectivity index (χ2v) is 10.7. The molecule has 2 aromatic rings. The zero-order valence-corrected chi connectivity index (χ0v) is 18.1. The zero-order valence-electron chi connectivity index (χ0n) is 18.1. The Labute approximate surface area is 187 Å². The van der Waals surface area contributed by atoms with E-state index in [9.17, 15) is 5.11 Å². The molecule has 0 amide bonds. The highest BCUT2D eigenvalue weighted by atomic mass is 16.3. The standard InChI is InChI=1S/C28H33NO.CH4/c1-28-12-10-20-14-22-16-24(30)6-4-18(22)5-7-25(20)27(28)9-8-26(28)21-3-2-19-11-13-29-17-23(19)15-21;/h2-3,10-11,13-15,17-18,24-27,30H,4-9,12,16H2,1H3;1H4. The second kappa shape index (κ2) is 7.89. The summed E-state index contributed by atoms with van der Waals surface area (Å²) < 4.78 is 0. The lowest BCUT2D eigenvalue weighted by Gasteiger charge is -2.44. The summed E-state index contributed by atoms with van der Waals surface area (Å²) in [5, 5.41) is 12.8. The van der Waals surface area contributed by atoms with E-state index in [-0.39, 0.29) is 13.5 Å². The van der Waals surface area contributed by atoms with Crippen molar-refractivity contribution in [3.05, 3.63) is 65.5 Å². The lowest BCUT2D eigenvalue weighted by Crippen LogP contribution is -2.35. The van der Waals surface area contributed by atoms with Crippen LogP contribution in [0.1, 0.15) is 77.2 Å². The van der Waals surface area contributed by atoms with Gasteiger partial charge in [0, 0.05) is 17.8 Å². The monoisotopic (exact) mass is 415 g/mol. The number of hydrogen-bond donors (Lipinski definition) is 1. The maximum absolute atomic E-state index is 10.2. The van der Waals surface area contributed by atoms with E-state index < -0.39 is 0 Å². The summed E-state index contributed by atoms with van der Waals surface area (Å²) in [5.41, 5.74) is 5.02. The third-order valence-electron chi connectivity index (χ3n) is 9.19. The minimum Gasteiger partial charge on any atom is -0.393 e. The zero-order chi connectivity index (χ0) is 20.3. The minimum atomic E-state index is -0.114. The van der Waals surface area contributed by atoms with Gasteiger partial charge in [-0.1, -0.05) is 44.2 Å². The molecule has 0 saturated heterocycles. The molecule has 6 atom stereocenters. The first-order valence-electron chi connectivity index (χ1n) is 12.0. The lowest BCUT2D eigenvalue weighted by atomic mass is 9.60. The lowest BCUT2D eigenvalue weighted by molar-refractivity contribution is 0.125. The summed E-state index contributed by atoms with van der Waals surface area (Å²) in [4.78, 5) is 4.35. The highest BCUT2D eigenvalue weighted by Crippen LogP contribution is 2.62. The van der Waals surface area contributed by atoms with Gasteiger partial charge in [0.25, 0.3) is 0 Å². The molecule has 1 heterocycles. The molecule has 6 unspecified atom stereocenters. The van der Waals surface area contributed by atoms with Crippen molar-refractivity contribution in [3.8, 4) is 0 Å². The van der Waals surface area contributed by atoms with E-state index in [1.165, 1.54) is 54.9 Å². The molecule has 31 heavy (non-hydrogen) atoms. The van der Waals surface area contributed by atoms with Gasteiger partial charge < -0.3 is 5.11 Å². The summed E-state index contributed by atoms with van der Waals surface area (Å²) in [6.45, 7) is 2.57. The van der Waals surface area contributed by atoms with Gasteiger partial charge in [-0.15, -0.1) is 0 Å². The topological polar surface area (TPSA) is 33.1 Å². The number of allylic oxidation sites excluding steroid dienone is 3. The fourth-order valence-corrected chi connectivity index (χ4v) is 7.56. The number of aromatic nitrogens is 1. The van der Waals surface area contributed by atoms with E-state index in [0.717, 1.165) is 24.7 Å². The summed E-state index contributed by atoms with van der Waals surface area (Å²) in [7, 11) is 0. The number of pyridine rings is 1. The molecule has 2 saturated carbocycles. The quantitative estimate of drug-likeness (QED) is 0.534. The van der Waals surface area contributed by atoms with Gasteiger partial charge in [-0.3, -0.25) is 4.98 Å². The molecule has 1 aromatic carbocycles. The maximum Gasteiger partial charge on any atom is 0.0577 e. The van der Waals surface area contributed by atoms with Gasteiger partial charge in [0.05, 0.1) is 6.10 Å². The Kier molecular flexibility index (Phi) is 5.33. The normalized spacial score (nSPS) is 36.9. The van der Waals surface area contributed by atoms with Crippen molar-refractivity contribution in [2.24, 2.45) is 23.2 Å². The van der Waals surface area contributed by atoms with E-state index in [1.807, 2.05) is 12.4 Å². The Bertz CT molecular complexity index is 1040. The average molecular weight is 416 g/mol. The number of fused-ring (bicyclic) bond motifs is 5. The van der Waals surface area contributed by atoms with Crippen molar-refractivity contribution in [2.45, 2.75) is 77.7 Å². The maximum atomic E-state index is 10.2. The van der Waals surface area contributed by atoms with Gasteiger partial charge in [-0.05, 0) is 109 Å². The number of benzene rings is 1. The van der Waals surface area contributed by atoms with Crippen LogP contribution in [0.25, 0.3) is 10.8 Å². The fraction of sp³-hybridized carbons (Fsp3) is 0.552. The molecule has 0 bridgehead atoms. The van der Waals surface area contributed by atoms with Crippen molar-refractivity contribution in [3.63, 3.8) is 0 Å². The number of rotatable bonds is 1. The Hall–Kier alpha value is -1.93. The summed E-state index contributed by atoms with van der Waals surface area (Å²) in [6.07, 6.45) is 18.5. The Balaban J connectivity index is 0.00000204. The molecule has 6 rings (SSSR count). The van der Waals surface area contributed by atoms with E-state index in [4.69, 9.17) is 0 Å². The second-order valence-electron chi connectivity index (χ2n) is 10.7. The van der Waals surface area contributed by atoms with Crippen LogP contribution in [0.3, 0.4) is 0 Å². The predicted octanol–water partition coefficient (Wildman–Crippen LogP) is 7.20. The molecule has 4 aliphatic carbocycles. The highest BCUT2D eigenvalue weighted by Gasteiger charge is 2.52. The van der Waals surface area contributed by atoms with Crippen LogP contribution in [0.4, 0.5) is 0 Å². The van der Waals surface area contributed by atoms with Crippen molar-refractivity contribution in [1.29, 1.82) is 0 Å². The van der Waals surface area contributed by atoms with Gasteiger partial charge in [0.1, 0.15) is 0 Å². The first-order valence-corrected chi connectivity index (χ1v) is 12.0. The van der Waals surface area contributed by atoms with E-state index in [1.54, 1.807) is 11.1 Å². The van der Waals surface area contributed by atoms with Crippen molar-refractivity contribution in [1.82, 2.24) is 4.98 Å². The van der Waals surface area contributed by atoms with Crippen LogP contribution >= 0.6 is 0 Å². The van der Waals surface area contributed by atoms with Crippen LogP contribution in [0.2, 0.25) is 0 Å². The first kappa shape index (κ1) is 20.9. The van der Waals surface area contributed by atoms with E-state index in [0.29, 0.717) is 17.3 Å². The number of aliphatic hydroxyl groups excluding tert-OH is 1. The molecular formula is C29H37NO. The van der Waals surface area contributed by atoms with Gasteiger partial charge in [0.15, 0.2) is 0 Å². The number of nitrogens with zero attached hydrogens (tertiary/aromatic N) is 1. The van der Waals surface area contributed by atoms with Crippen LogP contribution in [0.15, 0.2) is 60.0 Å². The van der Waals surface area contributed by atoms with E-state index >= 15 is 0 Å². The Morgan fingerprint density at radius 2 is 1.87 bits per heavy atom. The molecular weight excluding hydrogens is 378 g/mol. The molecule has 4 aliphatic rings. The van der Waals surface area contributed by atoms with Crippen molar-refractivity contribution >= 4 is 10.8 Å². The molecule has 0 spiro atoms. The van der Waals surface area contributed by atoms with Crippen LogP contribution in [-0.2, 0) is 0 Å². The molecule has 1 N–H and O–H groups in total. The first-order chi connectivity index (χ1) is 14.6. The molecule has 164 valence electrons. The smallest absolute Gasteiger partial charge is 0.0577 e. The number of hydrogen-bond acceptors (Lipinski definition) is 2. The van der Waals surface area contributed by atoms with Gasteiger partial charge in [-0.25, -0.2) is 0 Å². The van der Waals surface area contributed by atoms with E-state index in [2.05, 4.69) is 48.3 Å². The number of aliphatic hydroxyl groups is 1. The Morgan fingerprint density at radius 3 is 2.77 bits per heavy atom. The SMILES string of the molecule is C.CC12CC=C3C=C4CC(O)CCC4CCC3C1CCC2c1ccc2ccncc2c1.